The number of benzene rings is 2. The van der Waals surface area contributed by atoms with Crippen molar-refractivity contribution in [3.63, 3.8) is 0 Å². The molecule has 2 aromatic carbocycles. The van der Waals surface area contributed by atoms with E-state index in [1.165, 1.54) is 18.3 Å². The average Bonchev–Trinajstić information content (AvgIpc) is 3.29. The van der Waals surface area contributed by atoms with Gasteiger partial charge in [0.2, 0.25) is 5.95 Å². The highest BCUT2D eigenvalue weighted by molar-refractivity contribution is 6.34. The lowest BCUT2D eigenvalue weighted by atomic mass is 10.2. The summed E-state index contributed by atoms with van der Waals surface area (Å²) in [5.74, 6) is 0.375. The lowest BCUT2D eigenvalue weighted by Gasteiger charge is -2.16. The molecule has 154 valence electrons. The molecule has 8 heteroatoms. The van der Waals surface area contributed by atoms with E-state index in [-0.39, 0.29) is 23.1 Å². The van der Waals surface area contributed by atoms with Crippen LogP contribution in [0.1, 0.15) is 28.9 Å². The fourth-order valence-electron chi connectivity index (χ4n) is 3.19. The SMILES string of the molecule is O=C(Nc1cccc(OCc2ccc(F)cc2)c1)c1nc(N2CCCC2)ncc1Cl. The molecule has 0 radical (unpaired) electrons. The summed E-state index contributed by atoms with van der Waals surface area (Å²) in [6.45, 7) is 2.03. The van der Waals surface area contributed by atoms with Crippen LogP contribution in [-0.2, 0) is 6.61 Å². The Hall–Kier alpha value is -3.19. The van der Waals surface area contributed by atoms with E-state index in [2.05, 4.69) is 15.3 Å². The maximum atomic E-state index is 13.0. The molecular weight excluding hydrogens is 407 g/mol. The predicted molar refractivity (Wildman–Crippen MR) is 114 cm³/mol. The van der Waals surface area contributed by atoms with Gasteiger partial charge in [-0.1, -0.05) is 29.8 Å². The molecule has 0 atom stereocenters. The first-order valence-corrected chi connectivity index (χ1v) is 10.0. The van der Waals surface area contributed by atoms with Crippen LogP contribution in [0.4, 0.5) is 16.0 Å². The quantitative estimate of drug-likeness (QED) is 0.618. The Labute approximate surface area is 178 Å². The van der Waals surface area contributed by atoms with Gasteiger partial charge in [-0.05, 0) is 42.7 Å². The molecule has 0 saturated carbocycles. The second kappa shape index (κ2) is 9.09. The van der Waals surface area contributed by atoms with Gasteiger partial charge >= 0.3 is 0 Å². The molecule has 0 bridgehead atoms. The van der Waals surface area contributed by atoms with Crippen molar-refractivity contribution in [2.24, 2.45) is 0 Å². The molecule has 0 spiro atoms. The molecule has 0 aliphatic carbocycles. The van der Waals surface area contributed by atoms with E-state index in [9.17, 15) is 9.18 Å². The minimum Gasteiger partial charge on any atom is -0.489 e. The monoisotopic (exact) mass is 426 g/mol. The lowest BCUT2D eigenvalue weighted by molar-refractivity contribution is 0.102. The number of nitrogens with one attached hydrogen (secondary N) is 1. The van der Waals surface area contributed by atoms with Crippen LogP contribution in [0.5, 0.6) is 5.75 Å². The third-order valence-corrected chi connectivity index (χ3v) is 5.02. The normalized spacial score (nSPS) is 13.3. The number of aromatic nitrogens is 2. The van der Waals surface area contributed by atoms with Crippen LogP contribution < -0.4 is 15.0 Å². The van der Waals surface area contributed by atoms with Gasteiger partial charge in [0.05, 0.1) is 11.2 Å². The molecule has 1 aliphatic rings. The molecule has 1 aromatic heterocycles. The van der Waals surface area contributed by atoms with Crippen molar-refractivity contribution in [1.29, 1.82) is 0 Å². The highest BCUT2D eigenvalue weighted by Gasteiger charge is 2.20. The third-order valence-electron chi connectivity index (χ3n) is 4.75. The molecule has 1 amide bonds. The number of ether oxygens (including phenoxy) is 1. The minimum atomic E-state index is -0.418. The number of hydrogen-bond donors (Lipinski definition) is 1. The second-order valence-electron chi connectivity index (χ2n) is 6.96. The van der Waals surface area contributed by atoms with E-state index >= 15 is 0 Å². The van der Waals surface area contributed by atoms with Crippen LogP contribution in [0, 0.1) is 5.82 Å². The van der Waals surface area contributed by atoms with Crippen LogP contribution in [0.2, 0.25) is 5.02 Å². The Balaban J connectivity index is 1.44. The number of rotatable bonds is 6. The molecule has 1 aliphatic heterocycles. The Morgan fingerprint density at radius 2 is 1.93 bits per heavy atom. The van der Waals surface area contributed by atoms with Crippen LogP contribution in [0.25, 0.3) is 0 Å². The number of hydrogen-bond acceptors (Lipinski definition) is 5. The smallest absolute Gasteiger partial charge is 0.276 e. The second-order valence-corrected chi connectivity index (χ2v) is 7.36. The number of amides is 1. The topological polar surface area (TPSA) is 67.3 Å². The molecular formula is C22H20ClFN4O2. The van der Waals surface area contributed by atoms with E-state index in [1.54, 1.807) is 36.4 Å². The van der Waals surface area contributed by atoms with Gasteiger partial charge < -0.3 is 15.0 Å². The van der Waals surface area contributed by atoms with Gasteiger partial charge in [0.15, 0.2) is 5.69 Å². The zero-order chi connectivity index (χ0) is 20.9. The van der Waals surface area contributed by atoms with Crippen LogP contribution >= 0.6 is 11.6 Å². The van der Waals surface area contributed by atoms with Gasteiger partial charge in [0, 0.05) is 24.8 Å². The Morgan fingerprint density at radius 3 is 2.70 bits per heavy atom. The molecule has 1 fully saturated rings. The minimum absolute atomic E-state index is 0.131. The first kappa shape index (κ1) is 20.1. The summed E-state index contributed by atoms with van der Waals surface area (Å²) >= 11 is 6.17. The molecule has 1 N–H and O–H groups in total. The first-order chi connectivity index (χ1) is 14.6. The van der Waals surface area contributed by atoms with Gasteiger partial charge in [-0.25, -0.2) is 14.4 Å². The number of halogens is 2. The van der Waals surface area contributed by atoms with E-state index in [0.29, 0.717) is 17.4 Å². The highest BCUT2D eigenvalue weighted by atomic mass is 35.5. The van der Waals surface area contributed by atoms with Crippen molar-refractivity contribution in [1.82, 2.24) is 9.97 Å². The largest absolute Gasteiger partial charge is 0.489 e. The van der Waals surface area contributed by atoms with Gasteiger partial charge in [-0.15, -0.1) is 0 Å². The Bertz CT molecular complexity index is 1040. The maximum Gasteiger partial charge on any atom is 0.276 e. The number of carbonyl (C=O) groups excluding carboxylic acids is 1. The fourth-order valence-corrected chi connectivity index (χ4v) is 3.36. The number of carbonyl (C=O) groups is 1. The molecule has 30 heavy (non-hydrogen) atoms. The Kier molecular flexibility index (Phi) is 6.09. The van der Waals surface area contributed by atoms with Crippen LogP contribution in [0.3, 0.4) is 0 Å². The predicted octanol–water partition coefficient (Wildman–Crippen LogP) is 4.70. The number of nitrogens with zero attached hydrogens (tertiary/aromatic N) is 3. The zero-order valence-electron chi connectivity index (χ0n) is 16.1. The summed E-state index contributed by atoms with van der Waals surface area (Å²) in [5.41, 5.74) is 1.52. The van der Waals surface area contributed by atoms with Crippen molar-refractivity contribution in [3.05, 3.63) is 76.8 Å². The van der Waals surface area contributed by atoms with Gasteiger partial charge in [0.25, 0.3) is 5.91 Å². The first-order valence-electron chi connectivity index (χ1n) is 9.64. The summed E-state index contributed by atoms with van der Waals surface area (Å²) in [4.78, 5) is 23.4. The van der Waals surface area contributed by atoms with Crippen molar-refractivity contribution < 1.29 is 13.9 Å². The van der Waals surface area contributed by atoms with Crippen molar-refractivity contribution >= 4 is 29.1 Å². The van der Waals surface area contributed by atoms with E-state index < -0.39 is 5.91 Å². The molecule has 2 heterocycles. The molecule has 3 aromatic rings. The lowest BCUT2D eigenvalue weighted by Crippen LogP contribution is -2.23. The van der Waals surface area contributed by atoms with E-state index in [4.69, 9.17) is 16.3 Å². The van der Waals surface area contributed by atoms with E-state index in [1.807, 2.05) is 4.90 Å². The number of anilines is 2. The van der Waals surface area contributed by atoms with Gasteiger partial charge in [-0.3, -0.25) is 4.79 Å². The summed E-state index contributed by atoms with van der Waals surface area (Å²) in [7, 11) is 0. The zero-order valence-corrected chi connectivity index (χ0v) is 16.9. The average molecular weight is 427 g/mol. The maximum absolute atomic E-state index is 13.0. The van der Waals surface area contributed by atoms with Crippen molar-refractivity contribution in [2.75, 3.05) is 23.3 Å². The van der Waals surface area contributed by atoms with Crippen molar-refractivity contribution in [3.8, 4) is 5.75 Å². The third kappa shape index (κ3) is 4.86. The standard InChI is InChI=1S/C22H20ClFN4O2/c23-19-13-25-22(28-10-1-2-11-28)27-20(19)21(29)26-17-4-3-5-18(12-17)30-14-15-6-8-16(24)9-7-15/h3-9,12-13H,1-2,10-11,14H2,(H,26,29). The molecule has 4 rings (SSSR count). The van der Waals surface area contributed by atoms with Crippen LogP contribution in [-0.4, -0.2) is 29.0 Å². The molecule has 6 nitrogen and oxygen atoms in total. The Morgan fingerprint density at radius 1 is 1.17 bits per heavy atom. The molecule has 1 saturated heterocycles. The summed E-state index contributed by atoms with van der Waals surface area (Å²) < 4.78 is 18.7. The summed E-state index contributed by atoms with van der Waals surface area (Å²) in [5, 5.41) is 2.99. The van der Waals surface area contributed by atoms with Crippen molar-refractivity contribution in [2.45, 2.75) is 19.4 Å². The highest BCUT2D eigenvalue weighted by Crippen LogP contribution is 2.23. The molecule has 0 unspecified atom stereocenters. The summed E-state index contributed by atoms with van der Waals surface area (Å²) in [6.07, 6.45) is 3.62. The van der Waals surface area contributed by atoms with E-state index in [0.717, 1.165) is 31.5 Å². The van der Waals surface area contributed by atoms with Gasteiger partial charge in [0.1, 0.15) is 18.2 Å². The fraction of sp³-hybridized carbons (Fsp3) is 0.227. The summed E-state index contributed by atoms with van der Waals surface area (Å²) in [6, 6.07) is 13.1. The van der Waals surface area contributed by atoms with Gasteiger partial charge in [-0.2, -0.15) is 0 Å². The van der Waals surface area contributed by atoms with Crippen LogP contribution in [0.15, 0.2) is 54.7 Å².